The van der Waals surface area contributed by atoms with Gasteiger partial charge in [0, 0.05) is 0 Å². The van der Waals surface area contributed by atoms with E-state index in [1.54, 1.807) is 0 Å². The van der Waals surface area contributed by atoms with E-state index in [1.165, 1.54) is 5.56 Å². The van der Waals surface area contributed by atoms with Crippen molar-refractivity contribution in [1.29, 1.82) is 0 Å². The number of rotatable bonds is 0. The van der Waals surface area contributed by atoms with E-state index in [2.05, 4.69) is 22.9 Å². The quantitative estimate of drug-likeness (QED) is 0.473. The van der Waals surface area contributed by atoms with Gasteiger partial charge >= 0.3 is 42.9 Å². The third-order valence-electron chi connectivity index (χ3n) is 0.606. The van der Waals surface area contributed by atoms with Gasteiger partial charge in [-0.3, -0.25) is 0 Å². The molecule has 0 saturated carbocycles. The van der Waals surface area contributed by atoms with E-state index in [0.717, 1.165) is 0 Å². The molecule has 31 valence electrons. The first-order valence-corrected chi connectivity index (χ1v) is 3.66. The summed E-state index contributed by atoms with van der Waals surface area (Å²) >= 11 is 0.573. The van der Waals surface area contributed by atoms with Gasteiger partial charge in [-0.15, -0.1) is 0 Å². The molecule has 0 aliphatic rings. The van der Waals surface area contributed by atoms with Crippen LogP contribution in [-0.4, -0.2) is 14.5 Å². The van der Waals surface area contributed by atoms with E-state index in [-0.39, 0.29) is 0 Å². The maximum absolute atomic E-state index is 3.19. The topological polar surface area (TPSA) is 0 Å². The molecule has 1 rings (SSSR count). The van der Waals surface area contributed by atoms with Crippen LogP contribution in [0.4, 0.5) is 0 Å². The zero-order valence-corrected chi connectivity index (χ0v) is 5.28. The summed E-state index contributed by atoms with van der Waals surface area (Å²) in [7, 11) is 0. The van der Waals surface area contributed by atoms with Crippen LogP contribution in [0, 0.1) is 11.9 Å². The van der Waals surface area contributed by atoms with E-state index in [9.17, 15) is 0 Å². The van der Waals surface area contributed by atoms with Crippen molar-refractivity contribution in [2.24, 2.45) is 0 Å². The molecule has 6 heavy (non-hydrogen) atoms. The minimum atomic E-state index is 0.573. The average Bonchev–Trinajstić information content (AvgIpc) is 1.86. The Morgan fingerprint density at radius 2 is 2.67 bits per heavy atom. The van der Waals surface area contributed by atoms with Crippen molar-refractivity contribution in [1.82, 2.24) is 0 Å². The molecule has 0 aromatic carbocycles. The van der Waals surface area contributed by atoms with Gasteiger partial charge in [0.2, 0.25) is 0 Å². The molecule has 0 unspecified atom stereocenters. The standard InChI is InChI=1S/C5H5Se/c1-5-2-3-6-4-5/h2-3H,1H3. The molecule has 0 aliphatic heterocycles. The Hall–Kier alpha value is -0.000519. The third-order valence-corrected chi connectivity index (χ3v) is 2.10. The predicted octanol–water partition coefficient (Wildman–Crippen LogP) is 0.852. The van der Waals surface area contributed by atoms with Gasteiger partial charge in [-0.05, 0) is 0 Å². The van der Waals surface area contributed by atoms with E-state index in [4.69, 9.17) is 0 Å². The van der Waals surface area contributed by atoms with Crippen LogP contribution in [-0.2, 0) is 0 Å². The van der Waals surface area contributed by atoms with Crippen molar-refractivity contribution >= 4 is 14.5 Å². The molecule has 0 nitrogen and oxygen atoms in total. The average molecular weight is 144 g/mol. The Morgan fingerprint density at radius 1 is 1.83 bits per heavy atom. The fourth-order valence-electron chi connectivity index (χ4n) is 0.297. The van der Waals surface area contributed by atoms with E-state index in [1.807, 2.05) is 0 Å². The van der Waals surface area contributed by atoms with Crippen molar-refractivity contribution in [3.05, 3.63) is 21.5 Å². The van der Waals surface area contributed by atoms with Crippen molar-refractivity contribution in [2.45, 2.75) is 6.92 Å². The molecule has 0 saturated heterocycles. The summed E-state index contributed by atoms with van der Waals surface area (Å²) in [6.07, 6.45) is 0. The first-order chi connectivity index (χ1) is 2.89. The van der Waals surface area contributed by atoms with E-state index in [0.29, 0.717) is 14.5 Å². The molecule has 0 N–H and O–H groups in total. The summed E-state index contributed by atoms with van der Waals surface area (Å²) in [6.45, 7) is 2.07. The van der Waals surface area contributed by atoms with Gasteiger partial charge in [0.25, 0.3) is 0 Å². The molecule has 0 aliphatic carbocycles. The molecule has 1 aromatic rings. The molecule has 0 amide bonds. The zero-order valence-electron chi connectivity index (χ0n) is 3.56. The summed E-state index contributed by atoms with van der Waals surface area (Å²) in [6, 6.07) is 2.11. The third kappa shape index (κ3) is 0.734. The van der Waals surface area contributed by atoms with Crippen LogP contribution < -0.4 is 0 Å². The summed E-state index contributed by atoms with van der Waals surface area (Å²) < 4.78 is 0. The van der Waals surface area contributed by atoms with Crippen LogP contribution >= 0.6 is 0 Å². The molecule has 0 bridgehead atoms. The summed E-state index contributed by atoms with van der Waals surface area (Å²) in [5, 5.41) is 0. The second kappa shape index (κ2) is 1.63. The Morgan fingerprint density at radius 3 is 2.83 bits per heavy atom. The number of hydrogen-bond donors (Lipinski definition) is 0. The van der Waals surface area contributed by atoms with Crippen LogP contribution in [0.5, 0.6) is 0 Å². The molecule has 0 fully saturated rings. The van der Waals surface area contributed by atoms with Gasteiger partial charge in [0.05, 0.1) is 0 Å². The molecule has 1 heterocycles. The van der Waals surface area contributed by atoms with Crippen LogP contribution in [0.2, 0.25) is 0 Å². The van der Waals surface area contributed by atoms with Crippen molar-refractivity contribution in [3.63, 3.8) is 0 Å². The van der Waals surface area contributed by atoms with E-state index < -0.39 is 0 Å². The Labute approximate surface area is 43.6 Å². The summed E-state index contributed by atoms with van der Waals surface area (Å²) in [5.74, 6) is 0. The molecule has 1 aromatic heterocycles. The Bertz CT molecular complexity index is 107. The van der Waals surface area contributed by atoms with Gasteiger partial charge < -0.3 is 0 Å². The maximum atomic E-state index is 3.19. The van der Waals surface area contributed by atoms with Crippen LogP contribution in [0.1, 0.15) is 5.56 Å². The molecule has 1 heteroatoms. The Kier molecular flexibility index (Phi) is 1.13. The van der Waals surface area contributed by atoms with Crippen molar-refractivity contribution in [2.75, 3.05) is 0 Å². The second-order valence-electron chi connectivity index (χ2n) is 1.21. The second-order valence-corrected chi connectivity index (χ2v) is 2.70. The number of hydrogen-bond acceptors (Lipinski definition) is 0. The molecular formula is C5H5Se. The predicted molar refractivity (Wildman–Crippen MR) is 27.0 cm³/mol. The van der Waals surface area contributed by atoms with Gasteiger partial charge in [-0.1, -0.05) is 0 Å². The number of aryl methyl sites for hydroxylation is 1. The summed E-state index contributed by atoms with van der Waals surface area (Å²) in [4.78, 5) is 5.36. The van der Waals surface area contributed by atoms with Gasteiger partial charge in [0.1, 0.15) is 0 Å². The monoisotopic (exact) mass is 145 g/mol. The molecule has 0 spiro atoms. The van der Waals surface area contributed by atoms with Crippen LogP contribution in [0.3, 0.4) is 0 Å². The SMILES string of the molecule is Cc1[c][se]cc1. The van der Waals surface area contributed by atoms with Gasteiger partial charge in [0.15, 0.2) is 0 Å². The zero-order chi connectivity index (χ0) is 4.41. The van der Waals surface area contributed by atoms with E-state index >= 15 is 0 Å². The molecular weight excluding hydrogens is 139 g/mol. The Balaban J connectivity index is 3.05. The van der Waals surface area contributed by atoms with Gasteiger partial charge in [-0.25, -0.2) is 0 Å². The normalized spacial score (nSPS) is 8.83. The van der Waals surface area contributed by atoms with Gasteiger partial charge in [-0.2, -0.15) is 0 Å². The minimum absolute atomic E-state index is 0.573. The van der Waals surface area contributed by atoms with Crippen LogP contribution in [0.25, 0.3) is 0 Å². The van der Waals surface area contributed by atoms with Crippen LogP contribution in [0.15, 0.2) is 11.0 Å². The fraction of sp³-hybridized carbons (Fsp3) is 0.200. The van der Waals surface area contributed by atoms with Crippen molar-refractivity contribution in [3.8, 4) is 0 Å². The first kappa shape index (κ1) is 4.17. The first-order valence-electron chi connectivity index (χ1n) is 1.81. The van der Waals surface area contributed by atoms with Crippen molar-refractivity contribution < 1.29 is 0 Å². The fourth-order valence-corrected chi connectivity index (χ4v) is 1.54. The molecule has 1 radical (unpaired) electrons. The molecule has 0 atom stereocenters. The summed E-state index contributed by atoms with van der Waals surface area (Å²) in [5.41, 5.74) is 1.30.